The molecule has 0 radical (unpaired) electrons. The van der Waals surface area contributed by atoms with Gasteiger partial charge in [-0.15, -0.1) is 0 Å². The van der Waals surface area contributed by atoms with Gasteiger partial charge in [-0.3, -0.25) is 9.59 Å². The van der Waals surface area contributed by atoms with Crippen molar-refractivity contribution in [3.8, 4) is 16.9 Å². The van der Waals surface area contributed by atoms with Crippen molar-refractivity contribution >= 4 is 11.6 Å². The molecule has 2 aliphatic carbocycles. The number of carbonyl (C=O) groups is 2. The zero-order valence-corrected chi connectivity index (χ0v) is 30.7. The van der Waals surface area contributed by atoms with Gasteiger partial charge in [0, 0.05) is 30.1 Å². The van der Waals surface area contributed by atoms with E-state index in [2.05, 4.69) is 26.0 Å². The average Bonchev–Trinajstić information content (AvgIpc) is 3.29. The third-order valence-corrected chi connectivity index (χ3v) is 8.67. The van der Waals surface area contributed by atoms with Gasteiger partial charge in [0.05, 0.1) is 0 Å². The molecule has 4 N–H and O–H groups in total. The van der Waals surface area contributed by atoms with E-state index in [-0.39, 0.29) is 35.3 Å². The molecule has 0 aromatic heterocycles. The third kappa shape index (κ3) is 10.6. The van der Waals surface area contributed by atoms with Crippen LogP contribution >= 0.6 is 0 Å². The molecule has 45 heavy (non-hydrogen) atoms. The number of carbonyl (C=O) groups excluding carboxylic acids is 2. The lowest BCUT2D eigenvalue weighted by molar-refractivity contribution is 0.0939. The van der Waals surface area contributed by atoms with Crippen molar-refractivity contribution in [2.75, 3.05) is 6.61 Å². The minimum atomic E-state index is -0.167. The summed E-state index contributed by atoms with van der Waals surface area (Å²) >= 11 is 0. The molecule has 0 spiro atoms. The SMILES string of the molecule is CC.CC.CC.CC.CCC(=O)c1cc(C(=O)C(C)C)cc(-c2ccc(CC(C)C3C4C=CC4C(CO)C3CC)c(O)c2)c1.O. The van der Waals surface area contributed by atoms with Gasteiger partial charge in [0.25, 0.3) is 0 Å². The minimum absolute atomic E-state index is 0. The van der Waals surface area contributed by atoms with Crippen molar-refractivity contribution in [1.82, 2.24) is 0 Å². The lowest BCUT2D eigenvalue weighted by Gasteiger charge is -2.33. The van der Waals surface area contributed by atoms with E-state index in [0.29, 0.717) is 53.1 Å². The van der Waals surface area contributed by atoms with Crippen LogP contribution in [-0.4, -0.2) is 33.9 Å². The molecular formula is C40H66O5. The summed E-state index contributed by atoms with van der Waals surface area (Å²) in [5, 5.41) is 21.0. The summed E-state index contributed by atoms with van der Waals surface area (Å²) in [7, 11) is 0. The molecule has 0 aliphatic heterocycles. The Hall–Kier alpha value is -2.76. The highest BCUT2D eigenvalue weighted by Gasteiger charge is 2.51. The van der Waals surface area contributed by atoms with Crippen molar-refractivity contribution in [3.63, 3.8) is 0 Å². The largest absolute Gasteiger partial charge is 0.508 e. The first-order valence-electron chi connectivity index (χ1n) is 17.5. The molecule has 6 unspecified atom stereocenters. The predicted octanol–water partition coefficient (Wildman–Crippen LogP) is 10.0. The van der Waals surface area contributed by atoms with E-state index in [9.17, 15) is 19.8 Å². The summed E-state index contributed by atoms with van der Waals surface area (Å²) in [4.78, 5) is 25.2. The number of phenols is 1. The normalized spacial score (nSPS) is 20.9. The van der Waals surface area contributed by atoms with Gasteiger partial charge in [-0.05, 0) is 82.9 Å². The molecule has 2 aliphatic rings. The average molecular weight is 627 g/mol. The van der Waals surface area contributed by atoms with Crippen LogP contribution in [0.25, 0.3) is 11.1 Å². The second-order valence-electron chi connectivity index (χ2n) is 11.2. The molecule has 6 atom stereocenters. The molecule has 0 saturated heterocycles. The van der Waals surface area contributed by atoms with Crippen LogP contribution in [0.4, 0.5) is 0 Å². The van der Waals surface area contributed by atoms with Crippen LogP contribution < -0.4 is 0 Å². The number of hydrogen-bond acceptors (Lipinski definition) is 4. The molecule has 0 amide bonds. The Morgan fingerprint density at radius 3 is 1.76 bits per heavy atom. The number of aliphatic hydroxyl groups is 1. The summed E-state index contributed by atoms with van der Waals surface area (Å²) in [5.74, 6) is 2.81. The third-order valence-electron chi connectivity index (χ3n) is 8.67. The van der Waals surface area contributed by atoms with E-state index < -0.39 is 0 Å². The van der Waals surface area contributed by atoms with Crippen LogP contribution in [0.1, 0.15) is 129 Å². The second kappa shape index (κ2) is 22.7. The topological polar surface area (TPSA) is 106 Å². The van der Waals surface area contributed by atoms with E-state index in [1.54, 1.807) is 12.1 Å². The van der Waals surface area contributed by atoms with Gasteiger partial charge in [-0.2, -0.15) is 0 Å². The number of rotatable bonds is 10. The molecule has 4 rings (SSSR count). The summed E-state index contributed by atoms with van der Waals surface area (Å²) < 4.78 is 0. The Kier molecular flexibility index (Phi) is 22.4. The van der Waals surface area contributed by atoms with Crippen LogP contribution in [0.2, 0.25) is 0 Å². The molecule has 256 valence electrons. The van der Waals surface area contributed by atoms with E-state index in [0.717, 1.165) is 29.5 Å². The van der Waals surface area contributed by atoms with Gasteiger partial charge in [-0.1, -0.05) is 121 Å². The number of aliphatic hydroxyl groups excluding tert-OH is 1. The maximum absolute atomic E-state index is 12.7. The molecule has 1 saturated carbocycles. The molecule has 5 heteroatoms. The van der Waals surface area contributed by atoms with Crippen LogP contribution in [0, 0.1) is 41.4 Å². The van der Waals surface area contributed by atoms with Gasteiger partial charge in [0.2, 0.25) is 0 Å². The number of hydrogen-bond donors (Lipinski definition) is 2. The smallest absolute Gasteiger partial charge is 0.165 e. The Bertz CT molecular complexity index is 1170. The molecule has 2 aromatic carbocycles. The first kappa shape index (κ1) is 44.4. The van der Waals surface area contributed by atoms with Crippen molar-refractivity contribution in [2.45, 2.75) is 109 Å². The number of benzene rings is 2. The maximum Gasteiger partial charge on any atom is 0.165 e. The van der Waals surface area contributed by atoms with Crippen LogP contribution in [-0.2, 0) is 6.42 Å². The van der Waals surface area contributed by atoms with Crippen molar-refractivity contribution in [2.24, 2.45) is 41.4 Å². The number of aromatic hydroxyl groups is 1. The number of fused-ring (bicyclic) bond motifs is 1. The standard InChI is InChI=1S/C32H40O4.4C2H6.H2O/c1-6-25-28(17-33)26-10-11-27(26)31(25)19(5)12-21-9-8-20(16-30(21)35)22-13-23(29(34)7-2)15-24(14-22)32(36)18(3)4;4*1-2;/h8-11,13-16,18-19,25-28,31,33,35H,6-7,12,17H2,1-5H3;4*1-2H3;1H2. The summed E-state index contributed by atoms with van der Waals surface area (Å²) in [6, 6.07) is 11.1. The first-order valence-corrected chi connectivity index (χ1v) is 17.5. The zero-order chi connectivity index (χ0) is 34.1. The lowest BCUT2D eigenvalue weighted by atomic mass is 9.72. The Labute approximate surface area is 275 Å². The van der Waals surface area contributed by atoms with Gasteiger partial charge < -0.3 is 15.7 Å². The number of phenolic OH excluding ortho intramolecular Hbond substituents is 1. The molecule has 5 nitrogen and oxygen atoms in total. The summed E-state index contributed by atoms with van der Waals surface area (Å²) in [6.45, 7) is 26.3. The minimum Gasteiger partial charge on any atom is -0.508 e. The van der Waals surface area contributed by atoms with Gasteiger partial charge in [-0.25, -0.2) is 0 Å². The quantitative estimate of drug-likeness (QED) is 0.202. The Morgan fingerprint density at radius 1 is 0.756 bits per heavy atom. The molecule has 2 aromatic rings. The number of ketones is 2. The fraction of sp³-hybridized carbons (Fsp3) is 0.600. The molecule has 0 heterocycles. The van der Waals surface area contributed by atoms with Gasteiger partial charge >= 0.3 is 0 Å². The van der Waals surface area contributed by atoms with Crippen molar-refractivity contribution in [3.05, 3.63) is 65.2 Å². The van der Waals surface area contributed by atoms with Crippen LogP contribution in [0.15, 0.2) is 48.6 Å². The first-order chi connectivity index (χ1) is 21.2. The number of allylic oxidation sites excluding steroid dienone is 2. The highest BCUT2D eigenvalue weighted by atomic mass is 16.3. The zero-order valence-electron chi connectivity index (χ0n) is 30.7. The highest BCUT2D eigenvalue weighted by molar-refractivity contribution is 6.03. The molecular weight excluding hydrogens is 560 g/mol. The Morgan fingerprint density at radius 2 is 1.31 bits per heavy atom. The highest BCUT2D eigenvalue weighted by Crippen LogP contribution is 2.56. The van der Waals surface area contributed by atoms with Crippen molar-refractivity contribution < 1.29 is 25.3 Å². The monoisotopic (exact) mass is 626 g/mol. The molecule has 0 bridgehead atoms. The van der Waals surface area contributed by atoms with Crippen LogP contribution in [0.3, 0.4) is 0 Å². The van der Waals surface area contributed by atoms with Crippen molar-refractivity contribution in [1.29, 1.82) is 0 Å². The second-order valence-corrected chi connectivity index (χ2v) is 11.2. The predicted molar refractivity (Wildman–Crippen MR) is 193 cm³/mol. The van der Waals surface area contributed by atoms with E-state index >= 15 is 0 Å². The Balaban J connectivity index is 0. The fourth-order valence-corrected chi connectivity index (χ4v) is 6.70. The van der Waals surface area contributed by atoms with Gasteiger partial charge in [0.15, 0.2) is 11.6 Å². The number of Topliss-reactive ketones (excluding diaryl/α,β-unsaturated/α-hetero) is 2. The van der Waals surface area contributed by atoms with E-state index in [1.807, 2.05) is 100 Å². The molecule has 1 fully saturated rings. The lowest BCUT2D eigenvalue weighted by Crippen LogP contribution is -2.27. The van der Waals surface area contributed by atoms with Crippen LogP contribution in [0.5, 0.6) is 5.75 Å². The fourth-order valence-electron chi connectivity index (χ4n) is 6.70. The van der Waals surface area contributed by atoms with E-state index in [4.69, 9.17) is 0 Å². The van der Waals surface area contributed by atoms with E-state index in [1.165, 1.54) is 0 Å². The summed E-state index contributed by atoms with van der Waals surface area (Å²) in [6.07, 6.45) is 6.78. The maximum atomic E-state index is 12.7. The van der Waals surface area contributed by atoms with Gasteiger partial charge in [0.1, 0.15) is 5.75 Å². The summed E-state index contributed by atoms with van der Waals surface area (Å²) in [5.41, 5.74) is 3.53.